The lowest BCUT2D eigenvalue weighted by Gasteiger charge is -2.08. The van der Waals surface area contributed by atoms with E-state index in [1.54, 1.807) is 0 Å². The van der Waals surface area contributed by atoms with Crippen LogP contribution in [0.4, 0.5) is 23.4 Å². The Morgan fingerprint density at radius 1 is 1.05 bits per heavy atom. The van der Waals surface area contributed by atoms with E-state index in [1.807, 2.05) is 0 Å². The summed E-state index contributed by atoms with van der Waals surface area (Å²) in [5.74, 6) is -0.647. The van der Waals surface area contributed by atoms with E-state index in [0.717, 1.165) is 12.1 Å². The molecule has 0 fully saturated rings. The van der Waals surface area contributed by atoms with E-state index in [2.05, 4.69) is 4.98 Å². The van der Waals surface area contributed by atoms with Gasteiger partial charge < -0.3 is 10.2 Å². The Kier molecular flexibility index (Phi) is 2.86. The normalized spacial score (nSPS) is 12.0. The summed E-state index contributed by atoms with van der Waals surface area (Å²) in [5.41, 5.74) is 4.77. The van der Waals surface area contributed by atoms with Gasteiger partial charge in [0.25, 0.3) is 0 Å². The summed E-state index contributed by atoms with van der Waals surface area (Å²) >= 11 is 0. The predicted octanol–water partition coefficient (Wildman–Crippen LogP) is 4.23. The van der Waals surface area contributed by atoms with Crippen LogP contribution in [-0.4, -0.2) is 4.98 Å². The third-order valence-electron chi connectivity index (χ3n) is 2.90. The first-order chi connectivity index (χ1) is 9.83. The van der Waals surface area contributed by atoms with Crippen molar-refractivity contribution in [1.82, 2.24) is 4.98 Å². The number of benzene rings is 1. The van der Waals surface area contributed by atoms with Crippen LogP contribution < -0.4 is 5.73 Å². The van der Waals surface area contributed by atoms with Crippen molar-refractivity contribution < 1.29 is 22.0 Å². The van der Waals surface area contributed by atoms with Gasteiger partial charge in [-0.05, 0) is 36.4 Å². The van der Waals surface area contributed by atoms with Crippen LogP contribution in [0.25, 0.3) is 22.4 Å². The molecule has 0 atom stereocenters. The Morgan fingerprint density at radius 3 is 2.52 bits per heavy atom. The van der Waals surface area contributed by atoms with E-state index < -0.39 is 17.6 Å². The lowest BCUT2D eigenvalue weighted by molar-refractivity contribution is -0.137. The van der Waals surface area contributed by atoms with E-state index in [4.69, 9.17) is 10.2 Å². The number of anilines is 1. The Bertz CT molecular complexity index is 823. The number of alkyl halides is 3. The summed E-state index contributed by atoms with van der Waals surface area (Å²) in [6.45, 7) is 0. The maximum Gasteiger partial charge on any atom is 0.416 e. The van der Waals surface area contributed by atoms with Gasteiger partial charge >= 0.3 is 6.18 Å². The summed E-state index contributed by atoms with van der Waals surface area (Å²) < 4.78 is 56.8. The monoisotopic (exact) mass is 296 g/mol. The number of pyridine rings is 1. The van der Waals surface area contributed by atoms with Crippen LogP contribution in [0.15, 0.2) is 40.8 Å². The second kappa shape index (κ2) is 4.47. The van der Waals surface area contributed by atoms with Gasteiger partial charge in [-0.15, -0.1) is 0 Å². The number of hydrogen-bond acceptors (Lipinski definition) is 3. The molecule has 7 heteroatoms. The quantitative estimate of drug-likeness (QED) is 0.683. The summed E-state index contributed by atoms with van der Waals surface area (Å²) in [6, 6.07) is 6.81. The lowest BCUT2D eigenvalue weighted by atomic mass is 10.1. The second-order valence-corrected chi connectivity index (χ2v) is 4.46. The molecular weight excluding hydrogens is 288 g/mol. The van der Waals surface area contributed by atoms with Crippen molar-refractivity contribution in [3.63, 3.8) is 0 Å². The number of furan rings is 1. The van der Waals surface area contributed by atoms with Gasteiger partial charge in [0, 0.05) is 5.39 Å². The molecule has 2 heterocycles. The third kappa shape index (κ3) is 2.54. The summed E-state index contributed by atoms with van der Waals surface area (Å²) in [5, 5.41) is 0.433. The van der Waals surface area contributed by atoms with Crippen LogP contribution in [0, 0.1) is 5.82 Å². The number of hydrogen-bond donors (Lipinski definition) is 1. The van der Waals surface area contributed by atoms with E-state index in [9.17, 15) is 17.6 Å². The lowest BCUT2D eigenvalue weighted by Crippen LogP contribution is -2.07. The van der Waals surface area contributed by atoms with Crippen molar-refractivity contribution in [3.05, 3.63) is 47.8 Å². The second-order valence-electron chi connectivity index (χ2n) is 4.46. The zero-order valence-electron chi connectivity index (χ0n) is 10.4. The van der Waals surface area contributed by atoms with Crippen LogP contribution in [0.3, 0.4) is 0 Å². The summed E-state index contributed by atoms with van der Waals surface area (Å²) in [7, 11) is 0. The first kappa shape index (κ1) is 13.4. The van der Waals surface area contributed by atoms with Crippen molar-refractivity contribution in [2.45, 2.75) is 6.18 Å². The molecule has 21 heavy (non-hydrogen) atoms. The molecule has 0 spiro atoms. The van der Waals surface area contributed by atoms with Crippen LogP contribution in [0.5, 0.6) is 0 Å². The number of halogens is 4. The molecule has 3 rings (SSSR count). The fraction of sp³-hybridized carbons (Fsp3) is 0.0714. The molecule has 2 aromatic heterocycles. The van der Waals surface area contributed by atoms with Gasteiger partial charge in [-0.1, -0.05) is 0 Å². The number of aromatic nitrogens is 1. The first-order valence-electron chi connectivity index (χ1n) is 5.87. The molecule has 0 unspecified atom stereocenters. The average molecular weight is 296 g/mol. The largest absolute Gasteiger partial charge is 0.454 e. The van der Waals surface area contributed by atoms with Crippen molar-refractivity contribution in [3.8, 4) is 11.5 Å². The van der Waals surface area contributed by atoms with Gasteiger partial charge in [-0.2, -0.15) is 13.2 Å². The molecule has 0 radical (unpaired) electrons. The number of nitrogens with two attached hydrogens (primary N) is 1. The Morgan fingerprint density at radius 2 is 1.81 bits per heavy atom. The van der Waals surface area contributed by atoms with Gasteiger partial charge in [0.2, 0.25) is 0 Å². The van der Waals surface area contributed by atoms with Crippen LogP contribution in [0.1, 0.15) is 5.56 Å². The molecule has 0 aliphatic heterocycles. The molecule has 0 saturated carbocycles. The number of nitrogens with zero attached hydrogens (tertiary/aromatic N) is 1. The highest BCUT2D eigenvalue weighted by Crippen LogP contribution is 2.34. The molecule has 0 aliphatic rings. The molecule has 3 nitrogen and oxygen atoms in total. The van der Waals surface area contributed by atoms with E-state index in [0.29, 0.717) is 11.0 Å². The summed E-state index contributed by atoms with van der Waals surface area (Å²) in [4.78, 5) is 3.83. The highest BCUT2D eigenvalue weighted by molar-refractivity contribution is 5.82. The Hall–Kier alpha value is -2.57. The standard InChI is InChI=1S/C14H8F4N2O/c15-9-1-2-11-7(3-9)4-12(21-11)10-5-8(14(16,17)18)6-13(19)20-10/h1-6H,(H2,19,20). The van der Waals surface area contributed by atoms with Gasteiger partial charge in [-0.3, -0.25) is 0 Å². The Labute approximate surface area is 116 Å². The van der Waals surface area contributed by atoms with Gasteiger partial charge in [0.1, 0.15) is 22.9 Å². The molecule has 0 amide bonds. The molecule has 3 aromatic rings. The zero-order chi connectivity index (χ0) is 15.2. The molecular formula is C14H8F4N2O. The Balaban J connectivity index is 2.16. The predicted molar refractivity (Wildman–Crippen MR) is 68.8 cm³/mol. The molecule has 1 aromatic carbocycles. The smallest absolute Gasteiger partial charge is 0.416 e. The SMILES string of the molecule is Nc1cc(C(F)(F)F)cc(-c2cc3cc(F)ccc3o2)n1. The van der Waals surface area contributed by atoms with Crippen molar-refractivity contribution in [1.29, 1.82) is 0 Å². The minimum Gasteiger partial charge on any atom is -0.454 e. The average Bonchev–Trinajstić information content (AvgIpc) is 2.80. The van der Waals surface area contributed by atoms with Gasteiger partial charge in [0.15, 0.2) is 5.76 Å². The minimum absolute atomic E-state index is 0.0565. The zero-order valence-corrected chi connectivity index (χ0v) is 10.4. The number of nitrogen functional groups attached to an aromatic ring is 1. The topological polar surface area (TPSA) is 52.0 Å². The van der Waals surface area contributed by atoms with E-state index in [1.165, 1.54) is 24.3 Å². The maximum atomic E-state index is 13.1. The van der Waals surface area contributed by atoms with Gasteiger partial charge in [0.05, 0.1) is 5.56 Å². The number of fused-ring (bicyclic) bond motifs is 1. The molecule has 0 bridgehead atoms. The highest BCUT2D eigenvalue weighted by atomic mass is 19.4. The van der Waals surface area contributed by atoms with Crippen LogP contribution in [0.2, 0.25) is 0 Å². The van der Waals surface area contributed by atoms with Crippen molar-refractivity contribution in [2.75, 3.05) is 5.73 Å². The molecule has 2 N–H and O–H groups in total. The highest BCUT2D eigenvalue weighted by Gasteiger charge is 2.31. The molecule has 108 valence electrons. The maximum absolute atomic E-state index is 13.1. The molecule has 0 aliphatic carbocycles. The molecule has 0 saturated heterocycles. The van der Waals surface area contributed by atoms with E-state index >= 15 is 0 Å². The van der Waals surface area contributed by atoms with Crippen molar-refractivity contribution >= 4 is 16.8 Å². The van der Waals surface area contributed by atoms with Crippen LogP contribution >= 0.6 is 0 Å². The fourth-order valence-corrected chi connectivity index (χ4v) is 1.98. The number of rotatable bonds is 1. The van der Waals surface area contributed by atoms with Crippen LogP contribution in [-0.2, 0) is 6.18 Å². The van der Waals surface area contributed by atoms with Gasteiger partial charge in [-0.25, -0.2) is 9.37 Å². The minimum atomic E-state index is -4.54. The summed E-state index contributed by atoms with van der Waals surface area (Å²) in [6.07, 6.45) is -4.54. The third-order valence-corrected chi connectivity index (χ3v) is 2.90. The fourth-order valence-electron chi connectivity index (χ4n) is 1.98. The van der Waals surface area contributed by atoms with Crippen molar-refractivity contribution in [2.24, 2.45) is 0 Å². The first-order valence-corrected chi connectivity index (χ1v) is 5.87. The van der Waals surface area contributed by atoms with E-state index in [-0.39, 0.29) is 17.3 Å².